The number of carbonyl (C=O) groups excluding carboxylic acids is 1. The minimum atomic E-state index is -0.676. The second kappa shape index (κ2) is 15.5. The fourth-order valence-electron chi connectivity index (χ4n) is 5.42. The Labute approximate surface area is 312 Å². The molecule has 0 saturated heterocycles. The Bertz CT molecular complexity index is 2050. The third-order valence-electron chi connectivity index (χ3n) is 7.86. The second-order valence-corrected chi connectivity index (χ2v) is 14.1. The summed E-state index contributed by atoms with van der Waals surface area (Å²) < 4.78 is 14.7. The lowest BCUT2D eigenvalue weighted by molar-refractivity contribution is -0.113. The topological polar surface area (TPSA) is 90.3 Å². The van der Waals surface area contributed by atoms with Gasteiger partial charge in [0.05, 0.1) is 16.7 Å². The lowest BCUT2D eigenvalue weighted by Gasteiger charge is -2.29. The average molecular weight is 800 g/mol. The van der Waals surface area contributed by atoms with E-state index < -0.39 is 6.04 Å². The molecule has 49 heavy (non-hydrogen) atoms. The third kappa shape index (κ3) is 7.74. The van der Waals surface area contributed by atoms with Crippen LogP contribution in [0.2, 0.25) is 15.1 Å². The number of aryl methyl sites for hydroxylation is 1. The van der Waals surface area contributed by atoms with Gasteiger partial charge in [-0.15, -0.1) is 5.10 Å². The molecule has 0 aliphatic carbocycles. The predicted molar refractivity (Wildman–Crippen MR) is 201 cm³/mol. The van der Waals surface area contributed by atoms with Crippen molar-refractivity contribution in [3.63, 3.8) is 0 Å². The maximum Gasteiger partial charge on any atom is 0.255 e. The van der Waals surface area contributed by atoms with Gasteiger partial charge < -0.3 is 20.1 Å². The summed E-state index contributed by atoms with van der Waals surface area (Å²) in [6, 6.07) is 23.7. The highest BCUT2D eigenvalue weighted by Crippen LogP contribution is 2.44. The van der Waals surface area contributed by atoms with Gasteiger partial charge in [-0.05, 0) is 89.8 Å². The van der Waals surface area contributed by atoms with Crippen molar-refractivity contribution in [1.29, 1.82) is 0 Å². The van der Waals surface area contributed by atoms with E-state index >= 15 is 0 Å². The Morgan fingerprint density at radius 2 is 1.69 bits per heavy atom. The third-order valence-corrected chi connectivity index (χ3v) is 10.4. The van der Waals surface area contributed by atoms with E-state index in [1.165, 1.54) is 11.8 Å². The molecule has 1 aliphatic heterocycles. The number of para-hydroxylation sites is 1. The summed E-state index contributed by atoms with van der Waals surface area (Å²) >= 11 is 24.4. The van der Waals surface area contributed by atoms with Gasteiger partial charge in [0.15, 0.2) is 11.5 Å². The van der Waals surface area contributed by atoms with E-state index in [1.807, 2.05) is 81.4 Å². The van der Waals surface area contributed by atoms with Crippen molar-refractivity contribution in [2.24, 2.45) is 0 Å². The molecule has 0 saturated carbocycles. The number of hydrogen-bond acceptors (Lipinski definition) is 7. The first kappa shape index (κ1) is 35.2. The molecule has 4 aromatic carbocycles. The number of amides is 1. The van der Waals surface area contributed by atoms with Crippen molar-refractivity contribution in [3.8, 4) is 11.5 Å². The van der Waals surface area contributed by atoms with E-state index in [2.05, 4.69) is 26.6 Å². The van der Waals surface area contributed by atoms with Crippen LogP contribution in [0.25, 0.3) is 0 Å². The summed E-state index contributed by atoms with van der Waals surface area (Å²) in [4.78, 5) is 19.0. The largest absolute Gasteiger partial charge is 0.490 e. The molecule has 2 heterocycles. The Hall–Kier alpha value is -3.67. The molecule has 1 aromatic heterocycles. The number of anilines is 2. The first-order valence-corrected chi connectivity index (χ1v) is 18.2. The number of allylic oxidation sites excluding steroid dienone is 1. The Morgan fingerprint density at radius 1 is 0.980 bits per heavy atom. The number of halogens is 4. The summed E-state index contributed by atoms with van der Waals surface area (Å²) in [5, 5.41) is 13.5. The molecule has 0 spiro atoms. The maximum atomic E-state index is 14.2. The van der Waals surface area contributed by atoms with Gasteiger partial charge in [-0.25, -0.2) is 4.68 Å². The number of nitrogens with zero attached hydrogens (tertiary/aromatic N) is 3. The first-order valence-electron chi connectivity index (χ1n) is 15.3. The van der Waals surface area contributed by atoms with Gasteiger partial charge in [-0.1, -0.05) is 89.0 Å². The van der Waals surface area contributed by atoms with Crippen LogP contribution in [0.5, 0.6) is 11.5 Å². The summed E-state index contributed by atoms with van der Waals surface area (Å²) in [6.45, 7) is 6.19. The average Bonchev–Trinajstić information content (AvgIpc) is 3.47. The van der Waals surface area contributed by atoms with Gasteiger partial charge >= 0.3 is 0 Å². The van der Waals surface area contributed by atoms with Gasteiger partial charge in [0.25, 0.3) is 5.91 Å². The molecule has 252 valence electrons. The quantitative estimate of drug-likeness (QED) is 0.129. The van der Waals surface area contributed by atoms with Gasteiger partial charge in [-0.2, -0.15) is 4.98 Å². The molecule has 1 unspecified atom stereocenters. The lowest BCUT2D eigenvalue weighted by atomic mass is 9.94. The van der Waals surface area contributed by atoms with Crippen LogP contribution in [0.15, 0.2) is 99.8 Å². The van der Waals surface area contributed by atoms with E-state index in [1.54, 1.807) is 22.9 Å². The number of fused-ring (bicyclic) bond motifs is 1. The van der Waals surface area contributed by atoms with Crippen LogP contribution < -0.4 is 20.1 Å². The highest BCUT2D eigenvalue weighted by atomic mass is 79.9. The molecule has 0 radical (unpaired) electrons. The molecule has 2 N–H and O–H groups in total. The number of thioether (sulfide) groups is 1. The van der Waals surface area contributed by atoms with E-state index in [-0.39, 0.29) is 12.5 Å². The normalized spacial score (nSPS) is 13.9. The standard InChI is InChI=1S/C36H31BrCl3N5O3S/c1-4-47-30-17-23(16-25(37)33(30)48-18-24-27(39)13-9-14-28(24)40)32-31(34(46)42-29-15-8-5-10-20(29)2)21(3)41-35-43-36(44-45(32)35)49-19-22-11-6-7-12-26(22)38/h5-17,32H,4,18-19H2,1-3H3,(H,42,46)(H,41,43,44). The van der Waals surface area contributed by atoms with Gasteiger partial charge in [-0.3, -0.25) is 4.79 Å². The molecule has 0 bridgehead atoms. The van der Waals surface area contributed by atoms with Crippen LogP contribution in [-0.4, -0.2) is 27.3 Å². The number of rotatable bonds is 11. The summed E-state index contributed by atoms with van der Waals surface area (Å²) in [5.41, 5.74) is 5.11. The Morgan fingerprint density at radius 3 is 2.43 bits per heavy atom. The zero-order valence-electron chi connectivity index (χ0n) is 26.7. The maximum absolute atomic E-state index is 14.2. The molecule has 8 nitrogen and oxygen atoms in total. The molecule has 5 aromatic rings. The molecule has 1 atom stereocenters. The molecule has 0 fully saturated rings. The van der Waals surface area contributed by atoms with Gasteiger partial charge in [0.2, 0.25) is 11.1 Å². The predicted octanol–water partition coefficient (Wildman–Crippen LogP) is 10.5. The Balaban J connectivity index is 1.40. The lowest BCUT2D eigenvalue weighted by Crippen LogP contribution is -2.31. The minimum absolute atomic E-state index is 0.117. The zero-order valence-corrected chi connectivity index (χ0v) is 31.4. The SMILES string of the molecule is CCOc1cc(C2C(C(=O)Nc3ccccc3C)=C(C)Nc3nc(SCc4ccccc4Cl)nn32)cc(Br)c1OCc1c(Cl)cccc1Cl. The summed E-state index contributed by atoms with van der Waals surface area (Å²) in [5.74, 6) is 1.73. The molecule has 6 rings (SSSR count). The smallest absolute Gasteiger partial charge is 0.255 e. The van der Waals surface area contributed by atoms with Gasteiger partial charge in [0.1, 0.15) is 12.6 Å². The van der Waals surface area contributed by atoms with E-state index in [0.29, 0.717) is 77.0 Å². The number of hydrogen-bond donors (Lipinski definition) is 2. The summed E-state index contributed by atoms with van der Waals surface area (Å²) in [7, 11) is 0. The Kier molecular flexibility index (Phi) is 11.1. The molecule has 13 heteroatoms. The van der Waals surface area contributed by atoms with Crippen molar-refractivity contribution in [3.05, 3.63) is 132 Å². The van der Waals surface area contributed by atoms with E-state index in [4.69, 9.17) is 54.4 Å². The monoisotopic (exact) mass is 797 g/mol. The van der Waals surface area contributed by atoms with Crippen molar-refractivity contribution in [2.45, 2.75) is 44.3 Å². The molecular formula is C36H31BrCl3N5O3S. The number of ether oxygens (including phenoxy) is 2. The van der Waals surface area contributed by atoms with Crippen molar-refractivity contribution < 1.29 is 14.3 Å². The fourth-order valence-corrected chi connectivity index (χ4v) is 7.61. The molecule has 1 aliphatic rings. The van der Waals surface area contributed by atoms with E-state index in [9.17, 15) is 4.79 Å². The van der Waals surface area contributed by atoms with E-state index in [0.717, 1.165) is 16.7 Å². The zero-order chi connectivity index (χ0) is 34.7. The van der Waals surface area contributed by atoms with Crippen LogP contribution in [-0.2, 0) is 17.2 Å². The van der Waals surface area contributed by atoms with Crippen LogP contribution in [0.4, 0.5) is 11.6 Å². The minimum Gasteiger partial charge on any atom is -0.490 e. The number of carbonyl (C=O) groups is 1. The number of nitrogens with one attached hydrogen (secondary N) is 2. The second-order valence-electron chi connectivity index (χ2n) is 11.1. The first-order chi connectivity index (χ1) is 23.6. The van der Waals surface area contributed by atoms with Crippen molar-refractivity contribution in [2.75, 3.05) is 17.2 Å². The fraction of sp³-hybridized carbons (Fsp3) is 0.194. The van der Waals surface area contributed by atoms with Crippen LogP contribution in [0.1, 0.15) is 42.1 Å². The van der Waals surface area contributed by atoms with Crippen LogP contribution in [0, 0.1) is 6.92 Å². The van der Waals surface area contributed by atoms with Crippen LogP contribution in [0.3, 0.4) is 0 Å². The van der Waals surface area contributed by atoms with Gasteiger partial charge in [0, 0.05) is 37.8 Å². The van der Waals surface area contributed by atoms with Crippen molar-refractivity contribution in [1.82, 2.24) is 14.8 Å². The van der Waals surface area contributed by atoms with Crippen LogP contribution >= 0.6 is 62.5 Å². The number of benzene rings is 4. The molecule has 1 amide bonds. The molecular weight excluding hydrogens is 769 g/mol. The number of aromatic nitrogens is 3. The highest BCUT2D eigenvalue weighted by molar-refractivity contribution is 9.10. The van der Waals surface area contributed by atoms with Crippen molar-refractivity contribution >= 4 is 80.0 Å². The highest BCUT2D eigenvalue weighted by Gasteiger charge is 2.36. The summed E-state index contributed by atoms with van der Waals surface area (Å²) in [6.07, 6.45) is 0.